The number of amides is 1. The molecule has 0 bridgehead atoms. The van der Waals surface area contributed by atoms with Gasteiger partial charge in [-0.3, -0.25) is 9.52 Å². The van der Waals surface area contributed by atoms with Gasteiger partial charge < -0.3 is 19.9 Å². The molecule has 0 aliphatic rings. The van der Waals surface area contributed by atoms with E-state index in [1.165, 1.54) is 12.1 Å². The maximum atomic E-state index is 13.6. The van der Waals surface area contributed by atoms with Crippen molar-refractivity contribution in [3.63, 3.8) is 0 Å². The van der Waals surface area contributed by atoms with E-state index in [1.807, 2.05) is 4.72 Å². The van der Waals surface area contributed by atoms with Crippen molar-refractivity contribution >= 4 is 27.3 Å². The van der Waals surface area contributed by atoms with Crippen molar-refractivity contribution in [2.45, 2.75) is 44.6 Å². The molecular formula is C21H24F4N2O6S. The Bertz CT molecular complexity index is 1120. The second kappa shape index (κ2) is 10.9. The van der Waals surface area contributed by atoms with Crippen molar-refractivity contribution in [2.24, 2.45) is 5.92 Å². The van der Waals surface area contributed by atoms with Crippen LogP contribution in [-0.2, 0) is 14.8 Å². The second-order valence-corrected chi connectivity index (χ2v) is 8.86. The smallest absolute Gasteiger partial charge is 0.492 e. The van der Waals surface area contributed by atoms with E-state index in [-0.39, 0.29) is 24.0 Å². The first-order valence-electron chi connectivity index (χ1n) is 10.1. The van der Waals surface area contributed by atoms with Crippen LogP contribution in [0.15, 0.2) is 41.3 Å². The lowest BCUT2D eigenvalue weighted by Crippen LogP contribution is -2.32. The van der Waals surface area contributed by atoms with Gasteiger partial charge in [-0.05, 0) is 37.1 Å². The normalized spacial score (nSPS) is 13.6. The van der Waals surface area contributed by atoms with Gasteiger partial charge >= 0.3 is 6.36 Å². The molecule has 2 aromatic rings. The number of halogens is 4. The number of nitrogens with one attached hydrogen (secondary N) is 2. The topological polar surface area (TPSA) is 114 Å². The Morgan fingerprint density at radius 1 is 1.09 bits per heavy atom. The van der Waals surface area contributed by atoms with Crippen LogP contribution in [0.2, 0.25) is 0 Å². The summed E-state index contributed by atoms with van der Waals surface area (Å²) in [5.41, 5.74) is -0.241. The Labute approximate surface area is 193 Å². The minimum Gasteiger partial charge on any atom is -0.492 e. The van der Waals surface area contributed by atoms with Crippen LogP contribution in [0.25, 0.3) is 0 Å². The average molecular weight is 508 g/mol. The molecule has 0 unspecified atom stereocenters. The number of carbonyl (C=O) groups excluding carboxylic acids is 1. The Kier molecular flexibility index (Phi) is 8.72. The number of sulfonamides is 1. The Morgan fingerprint density at radius 2 is 1.71 bits per heavy atom. The molecule has 2 rings (SSSR count). The number of anilines is 2. The number of alkyl halides is 3. The monoisotopic (exact) mass is 508 g/mol. The highest BCUT2D eigenvalue weighted by Crippen LogP contribution is 2.32. The summed E-state index contributed by atoms with van der Waals surface area (Å²) in [7, 11) is -4.41. The fraction of sp³-hybridized carbons (Fsp3) is 0.381. The van der Waals surface area contributed by atoms with E-state index < -0.39 is 50.5 Å². The first-order valence-corrected chi connectivity index (χ1v) is 11.6. The first-order chi connectivity index (χ1) is 15.8. The lowest BCUT2D eigenvalue weighted by atomic mass is 10.0. The van der Waals surface area contributed by atoms with Gasteiger partial charge in [-0.2, -0.15) is 0 Å². The highest BCUT2D eigenvalue weighted by molar-refractivity contribution is 7.92. The van der Waals surface area contributed by atoms with Crippen LogP contribution >= 0.6 is 0 Å². The Hall–Kier alpha value is -3.06. The van der Waals surface area contributed by atoms with E-state index >= 15 is 0 Å². The maximum absolute atomic E-state index is 13.6. The van der Waals surface area contributed by atoms with E-state index in [9.17, 15) is 35.9 Å². The van der Waals surface area contributed by atoms with E-state index in [2.05, 4.69) is 10.1 Å². The van der Waals surface area contributed by atoms with Crippen LogP contribution in [-0.4, -0.2) is 38.5 Å². The summed E-state index contributed by atoms with van der Waals surface area (Å²) in [6.45, 7) is 5.14. The molecule has 2 atom stereocenters. The van der Waals surface area contributed by atoms with Gasteiger partial charge in [0.15, 0.2) is 11.6 Å². The van der Waals surface area contributed by atoms with Gasteiger partial charge in [-0.25, -0.2) is 12.8 Å². The van der Waals surface area contributed by atoms with Crippen LogP contribution in [0.1, 0.15) is 27.2 Å². The zero-order valence-corrected chi connectivity index (χ0v) is 19.3. The zero-order chi connectivity index (χ0) is 25.7. The summed E-state index contributed by atoms with van der Waals surface area (Å²) in [6.07, 6.45) is -5.90. The molecule has 0 saturated carbocycles. The summed E-state index contributed by atoms with van der Waals surface area (Å²) < 4.78 is 87.7. The molecule has 188 valence electrons. The van der Waals surface area contributed by atoms with Gasteiger partial charge in [0.2, 0.25) is 0 Å². The molecule has 0 radical (unpaired) electrons. The molecule has 0 saturated heterocycles. The molecule has 0 aliphatic carbocycles. The first kappa shape index (κ1) is 27.2. The Balaban J connectivity index is 2.33. The SMILES string of the molecule is CCOc1cc(NC(=O)[C@@H](O)[C@@H](C)CC)ccc1S(=O)(=O)Nc1ccc(F)c(OC(F)(F)F)c1. The fourth-order valence-corrected chi connectivity index (χ4v) is 3.93. The number of ether oxygens (including phenoxy) is 2. The third-order valence-corrected chi connectivity index (χ3v) is 6.08. The van der Waals surface area contributed by atoms with Gasteiger partial charge in [-0.1, -0.05) is 20.3 Å². The van der Waals surface area contributed by atoms with E-state index in [4.69, 9.17) is 4.74 Å². The van der Waals surface area contributed by atoms with Gasteiger partial charge in [0.05, 0.1) is 12.3 Å². The fourth-order valence-electron chi connectivity index (χ4n) is 2.75. The van der Waals surface area contributed by atoms with E-state index in [0.29, 0.717) is 18.6 Å². The van der Waals surface area contributed by atoms with E-state index in [0.717, 1.165) is 12.1 Å². The van der Waals surface area contributed by atoms with Crippen molar-refractivity contribution in [1.29, 1.82) is 0 Å². The van der Waals surface area contributed by atoms with E-state index in [1.54, 1.807) is 20.8 Å². The molecule has 34 heavy (non-hydrogen) atoms. The number of carbonyl (C=O) groups is 1. The zero-order valence-electron chi connectivity index (χ0n) is 18.4. The number of aliphatic hydroxyl groups is 1. The van der Waals surface area contributed by atoms with Gasteiger partial charge in [0.1, 0.15) is 16.7 Å². The third kappa shape index (κ3) is 7.22. The van der Waals surface area contributed by atoms with Crippen molar-refractivity contribution in [1.82, 2.24) is 0 Å². The molecule has 0 heterocycles. The van der Waals surface area contributed by atoms with Crippen LogP contribution < -0.4 is 19.5 Å². The minimum atomic E-state index is -5.18. The van der Waals surface area contributed by atoms with Crippen molar-refractivity contribution < 1.29 is 45.4 Å². The molecule has 0 fully saturated rings. The van der Waals surface area contributed by atoms with Crippen LogP contribution in [0.5, 0.6) is 11.5 Å². The lowest BCUT2D eigenvalue weighted by molar-refractivity contribution is -0.275. The van der Waals surface area contributed by atoms with Crippen molar-refractivity contribution in [3.05, 3.63) is 42.2 Å². The third-order valence-electron chi connectivity index (χ3n) is 4.66. The minimum absolute atomic E-state index is 0.0511. The molecule has 2 aromatic carbocycles. The number of rotatable bonds is 10. The summed E-state index contributed by atoms with van der Waals surface area (Å²) in [6, 6.07) is 5.66. The highest BCUT2D eigenvalue weighted by atomic mass is 32.2. The predicted octanol–water partition coefficient (Wildman–Crippen LogP) is 4.27. The summed E-state index contributed by atoms with van der Waals surface area (Å²) in [5, 5.41) is 12.5. The second-order valence-electron chi connectivity index (χ2n) is 7.21. The number of benzene rings is 2. The molecule has 0 aliphatic heterocycles. The van der Waals surface area contributed by atoms with Gasteiger partial charge in [-0.15, -0.1) is 13.2 Å². The summed E-state index contributed by atoms with van der Waals surface area (Å²) in [4.78, 5) is 11.8. The van der Waals surface area contributed by atoms with Crippen LogP contribution in [0.3, 0.4) is 0 Å². The summed E-state index contributed by atoms with van der Waals surface area (Å²) in [5.74, 6) is -3.71. The molecule has 8 nitrogen and oxygen atoms in total. The van der Waals surface area contributed by atoms with Crippen LogP contribution in [0.4, 0.5) is 28.9 Å². The molecule has 1 amide bonds. The molecule has 0 aromatic heterocycles. The van der Waals surface area contributed by atoms with Gasteiger partial charge in [0, 0.05) is 17.8 Å². The lowest BCUT2D eigenvalue weighted by Gasteiger charge is -2.18. The molecule has 13 heteroatoms. The standard InChI is InChI=1S/C21H24F4N2O6S/c1-4-12(3)19(28)20(29)26-13-7-9-18(17(10-13)32-5-2)34(30,31)27-14-6-8-15(22)16(11-14)33-21(23,24)25/h6-12,19,27-28H,4-5H2,1-3H3,(H,26,29)/t12-,19-/m0/s1. The number of hydrogen-bond donors (Lipinski definition) is 3. The molecule has 0 spiro atoms. The predicted molar refractivity (Wildman–Crippen MR) is 116 cm³/mol. The largest absolute Gasteiger partial charge is 0.573 e. The highest BCUT2D eigenvalue weighted by Gasteiger charge is 2.33. The number of hydrogen-bond acceptors (Lipinski definition) is 6. The van der Waals surface area contributed by atoms with Gasteiger partial charge in [0.25, 0.3) is 15.9 Å². The number of aliphatic hydroxyl groups excluding tert-OH is 1. The average Bonchev–Trinajstić information content (AvgIpc) is 2.74. The molecular weight excluding hydrogens is 484 g/mol. The summed E-state index contributed by atoms with van der Waals surface area (Å²) >= 11 is 0. The maximum Gasteiger partial charge on any atom is 0.573 e. The van der Waals surface area contributed by atoms with Crippen molar-refractivity contribution in [3.8, 4) is 11.5 Å². The van der Waals surface area contributed by atoms with Crippen LogP contribution in [0, 0.1) is 11.7 Å². The van der Waals surface area contributed by atoms with Crippen molar-refractivity contribution in [2.75, 3.05) is 16.6 Å². The molecule has 3 N–H and O–H groups in total. The quantitative estimate of drug-likeness (QED) is 0.413. The Morgan fingerprint density at radius 3 is 2.29 bits per heavy atom.